The molecule has 3 nitrogen and oxygen atoms in total. The van der Waals surface area contributed by atoms with Gasteiger partial charge < -0.3 is 5.11 Å². The molecule has 4 rings (SSSR count). The van der Waals surface area contributed by atoms with Crippen LogP contribution in [0.25, 0.3) is 0 Å². The average Bonchev–Trinajstić information content (AvgIpc) is 2.96. The maximum Gasteiger partial charge on any atom is 0.159 e. The topological polar surface area (TPSA) is 54.4 Å². The molecule has 0 amide bonds. The Balaban J connectivity index is 1.69. The van der Waals surface area contributed by atoms with Gasteiger partial charge in [-0.1, -0.05) is 52.7 Å². The fraction of sp³-hybridized carbons (Fsp3) is 0.800. The molecule has 0 aromatic rings. The zero-order valence-electron chi connectivity index (χ0n) is 22.3. The summed E-state index contributed by atoms with van der Waals surface area (Å²) < 4.78 is 0. The fourth-order valence-corrected chi connectivity index (χ4v) is 9.38. The van der Waals surface area contributed by atoms with Crippen molar-refractivity contribution in [1.29, 1.82) is 0 Å². The third kappa shape index (κ3) is 3.46. The third-order valence-electron chi connectivity index (χ3n) is 11.3. The second-order valence-electron chi connectivity index (χ2n) is 13.7. The van der Waals surface area contributed by atoms with E-state index in [2.05, 4.69) is 41.5 Å². The Bertz CT molecular complexity index is 906. The Labute approximate surface area is 201 Å². The van der Waals surface area contributed by atoms with Gasteiger partial charge in [-0.15, -0.1) is 0 Å². The molecule has 4 aliphatic rings. The maximum atomic E-state index is 13.7. The van der Waals surface area contributed by atoms with E-state index in [1.165, 1.54) is 5.57 Å². The molecule has 0 aromatic carbocycles. The van der Waals surface area contributed by atoms with Crippen LogP contribution in [0.2, 0.25) is 0 Å². The van der Waals surface area contributed by atoms with E-state index in [9.17, 15) is 14.7 Å². The van der Waals surface area contributed by atoms with Gasteiger partial charge in [0, 0.05) is 17.8 Å². The Kier molecular flexibility index (Phi) is 5.96. The van der Waals surface area contributed by atoms with Gasteiger partial charge in [0.1, 0.15) is 0 Å². The summed E-state index contributed by atoms with van der Waals surface area (Å²) in [5.74, 6) is 1.67. The second-order valence-corrected chi connectivity index (χ2v) is 13.7. The van der Waals surface area contributed by atoms with E-state index in [0.29, 0.717) is 24.2 Å². The van der Waals surface area contributed by atoms with Gasteiger partial charge >= 0.3 is 0 Å². The molecule has 8 atom stereocenters. The number of rotatable bonds is 4. The highest BCUT2D eigenvalue weighted by molar-refractivity contribution is 5.95. The lowest BCUT2D eigenvalue weighted by Gasteiger charge is -2.63. The molecule has 0 aromatic heterocycles. The van der Waals surface area contributed by atoms with Crippen molar-refractivity contribution in [3.63, 3.8) is 0 Å². The first-order valence-corrected chi connectivity index (χ1v) is 13.3. The van der Waals surface area contributed by atoms with Crippen LogP contribution in [0.15, 0.2) is 23.3 Å². The molecule has 3 fully saturated rings. The van der Waals surface area contributed by atoms with Crippen LogP contribution in [0.4, 0.5) is 0 Å². The van der Waals surface area contributed by atoms with Crippen LogP contribution >= 0.6 is 0 Å². The first-order chi connectivity index (χ1) is 15.2. The molecular weight excluding hydrogens is 408 g/mol. The van der Waals surface area contributed by atoms with Gasteiger partial charge in [0.25, 0.3) is 0 Å². The van der Waals surface area contributed by atoms with Gasteiger partial charge in [-0.2, -0.15) is 0 Å². The molecule has 1 N–H and O–H groups in total. The summed E-state index contributed by atoms with van der Waals surface area (Å²) in [6.07, 6.45) is 10.3. The van der Waals surface area contributed by atoms with Crippen molar-refractivity contribution in [3.8, 4) is 0 Å². The Morgan fingerprint density at radius 3 is 2.39 bits per heavy atom. The normalized spacial score (nSPS) is 44.8. The molecule has 184 valence electrons. The summed E-state index contributed by atoms with van der Waals surface area (Å²) in [6, 6.07) is 0. The van der Waals surface area contributed by atoms with Gasteiger partial charge in [0.2, 0.25) is 0 Å². The van der Waals surface area contributed by atoms with Crippen LogP contribution in [-0.4, -0.2) is 22.8 Å². The number of carbonyl (C=O) groups excluding carboxylic acids is 2. The van der Waals surface area contributed by atoms with E-state index in [-0.39, 0.29) is 39.1 Å². The highest BCUT2D eigenvalue weighted by Crippen LogP contribution is 2.72. The predicted molar refractivity (Wildman–Crippen MR) is 134 cm³/mol. The van der Waals surface area contributed by atoms with Crippen molar-refractivity contribution in [2.75, 3.05) is 0 Å². The molecule has 3 saturated carbocycles. The molecule has 4 aliphatic carbocycles. The van der Waals surface area contributed by atoms with Crippen molar-refractivity contribution < 1.29 is 14.7 Å². The maximum absolute atomic E-state index is 13.7. The lowest BCUT2D eigenvalue weighted by molar-refractivity contribution is -0.157. The van der Waals surface area contributed by atoms with Crippen LogP contribution in [0.1, 0.15) is 100 Å². The molecule has 0 radical (unpaired) electrons. The highest BCUT2D eigenvalue weighted by atomic mass is 16.3. The number of ketones is 2. The van der Waals surface area contributed by atoms with Gasteiger partial charge in [0.05, 0.1) is 6.10 Å². The minimum absolute atomic E-state index is 0.0122. The minimum atomic E-state index is -0.408. The molecule has 3 heteroatoms. The quantitative estimate of drug-likeness (QED) is 0.481. The van der Waals surface area contributed by atoms with Crippen LogP contribution in [0, 0.1) is 45.3 Å². The van der Waals surface area contributed by atoms with Crippen LogP contribution < -0.4 is 0 Å². The highest BCUT2D eigenvalue weighted by Gasteiger charge is 2.66. The summed E-state index contributed by atoms with van der Waals surface area (Å²) in [6.45, 7) is 17.7. The molecule has 0 spiro atoms. The molecule has 0 saturated heterocycles. The number of aliphatic hydroxyl groups excluding tert-OH is 1. The second kappa shape index (κ2) is 7.90. The molecule has 33 heavy (non-hydrogen) atoms. The largest absolute Gasteiger partial charge is 0.393 e. The van der Waals surface area contributed by atoms with E-state index < -0.39 is 6.10 Å². The average molecular weight is 455 g/mol. The fourth-order valence-electron chi connectivity index (χ4n) is 9.38. The van der Waals surface area contributed by atoms with E-state index >= 15 is 0 Å². The summed E-state index contributed by atoms with van der Waals surface area (Å²) in [4.78, 5) is 26.3. The monoisotopic (exact) mass is 454 g/mol. The molecule has 0 heterocycles. The van der Waals surface area contributed by atoms with Crippen molar-refractivity contribution in [1.82, 2.24) is 0 Å². The Hall–Kier alpha value is -1.22. The van der Waals surface area contributed by atoms with Gasteiger partial charge in [-0.3, -0.25) is 9.59 Å². The third-order valence-corrected chi connectivity index (χ3v) is 11.3. The SMILES string of the molecule is CC(C)=CC(=O)CC(C)C1CCC2(C)C3=CC(=O)C4C(C)(C)C(O)CCC4(C)C3CCC12C. The Morgan fingerprint density at radius 1 is 1.09 bits per heavy atom. The molecular formula is C30H46O3. The summed E-state index contributed by atoms with van der Waals surface area (Å²) in [7, 11) is 0. The summed E-state index contributed by atoms with van der Waals surface area (Å²) >= 11 is 0. The molecule has 0 aliphatic heterocycles. The number of carbonyl (C=O) groups is 2. The number of allylic oxidation sites excluding steroid dienone is 4. The number of hydrogen-bond donors (Lipinski definition) is 1. The first kappa shape index (κ1) is 24.9. The minimum Gasteiger partial charge on any atom is -0.393 e. The van der Waals surface area contributed by atoms with E-state index in [1.54, 1.807) is 6.08 Å². The Morgan fingerprint density at radius 2 is 1.76 bits per heavy atom. The number of fused-ring (bicyclic) bond motifs is 5. The van der Waals surface area contributed by atoms with Crippen LogP contribution in [0.5, 0.6) is 0 Å². The standard InChI is InChI=1S/C30H46O3/c1-18(2)15-20(31)16-19(3)21-9-13-30(8)23-17-24(32)26-27(4,5)25(33)11-12-28(26,6)22(23)10-14-29(21,30)7/h15,17,19,21-22,25-26,33H,9-14,16H2,1-8H3. The van der Waals surface area contributed by atoms with Crippen molar-refractivity contribution in [2.45, 2.75) is 106 Å². The van der Waals surface area contributed by atoms with Crippen molar-refractivity contribution in [3.05, 3.63) is 23.3 Å². The van der Waals surface area contributed by atoms with E-state index in [4.69, 9.17) is 0 Å². The predicted octanol–water partition coefficient (Wildman–Crippen LogP) is 6.69. The van der Waals surface area contributed by atoms with Gasteiger partial charge in [0.15, 0.2) is 11.6 Å². The number of aliphatic hydroxyl groups is 1. The number of hydrogen-bond acceptors (Lipinski definition) is 3. The van der Waals surface area contributed by atoms with E-state index in [1.807, 2.05) is 19.9 Å². The zero-order valence-corrected chi connectivity index (χ0v) is 22.3. The summed E-state index contributed by atoms with van der Waals surface area (Å²) in [5.41, 5.74) is 2.15. The smallest absolute Gasteiger partial charge is 0.159 e. The lowest BCUT2D eigenvalue weighted by atomic mass is 9.40. The van der Waals surface area contributed by atoms with E-state index in [0.717, 1.165) is 44.1 Å². The van der Waals surface area contributed by atoms with Crippen molar-refractivity contribution >= 4 is 11.6 Å². The summed E-state index contributed by atoms with van der Waals surface area (Å²) in [5, 5.41) is 10.8. The zero-order chi connectivity index (χ0) is 24.6. The van der Waals surface area contributed by atoms with Gasteiger partial charge in [-0.25, -0.2) is 0 Å². The van der Waals surface area contributed by atoms with Crippen LogP contribution in [-0.2, 0) is 9.59 Å². The van der Waals surface area contributed by atoms with Crippen LogP contribution in [0.3, 0.4) is 0 Å². The first-order valence-electron chi connectivity index (χ1n) is 13.3. The molecule has 0 bridgehead atoms. The van der Waals surface area contributed by atoms with Gasteiger partial charge in [-0.05, 0) is 98.5 Å². The molecule has 8 unspecified atom stereocenters. The lowest BCUT2D eigenvalue weighted by Crippen LogP contribution is -2.60. The van der Waals surface area contributed by atoms with Crippen molar-refractivity contribution in [2.24, 2.45) is 45.3 Å².